The van der Waals surface area contributed by atoms with E-state index in [1.807, 2.05) is 0 Å². The second-order valence-corrected chi connectivity index (χ2v) is 5.15. The fourth-order valence-electron chi connectivity index (χ4n) is 2.02. The maximum Gasteiger partial charge on any atom is 0.335 e. The van der Waals surface area contributed by atoms with Crippen molar-refractivity contribution in [2.24, 2.45) is 5.73 Å². The number of nitrogens with one attached hydrogen (secondary N) is 1. The van der Waals surface area contributed by atoms with Crippen molar-refractivity contribution < 1.29 is 19.5 Å². The molecule has 7 heteroatoms. The molecule has 0 radical (unpaired) electrons. The molecule has 2 amide bonds. The van der Waals surface area contributed by atoms with Crippen LogP contribution in [0, 0.1) is 0 Å². The summed E-state index contributed by atoms with van der Waals surface area (Å²) in [5.74, 6) is -2.21. The maximum atomic E-state index is 12.1. The van der Waals surface area contributed by atoms with Crippen molar-refractivity contribution in [3.63, 3.8) is 0 Å². The van der Waals surface area contributed by atoms with E-state index in [9.17, 15) is 14.4 Å². The van der Waals surface area contributed by atoms with Crippen LogP contribution in [0.4, 0.5) is 5.69 Å². The fourth-order valence-corrected chi connectivity index (χ4v) is 2.19. The van der Waals surface area contributed by atoms with E-state index < -0.39 is 17.8 Å². The average Bonchev–Trinajstić information content (AvgIpc) is 2.49. The van der Waals surface area contributed by atoms with Crippen molar-refractivity contribution >= 4 is 35.1 Å². The SMILES string of the molecule is NC(=O)c1ccc(Cl)c(NC(=O)Cc2ccccc2C(=O)O)c1. The Hall–Kier alpha value is -2.86. The molecule has 0 aliphatic rings. The molecule has 2 aromatic rings. The average molecular weight is 333 g/mol. The van der Waals surface area contributed by atoms with E-state index in [0.29, 0.717) is 5.56 Å². The zero-order valence-corrected chi connectivity index (χ0v) is 12.6. The summed E-state index contributed by atoms with van der Waals surface area (Å²) in [5, 5.41) is 11.9. The van der Waals surface area contributed by atoms with E-state index in [-0.39, 0.29) is 28.3 Å². The Labute approximate surface area is 136 Å². The first-order valence-corrected chi connectivity index (χ1v) is 6.96. The van der Waals surface area contributed by atoms with Crippen molar-refractivity contribution in [1.82, 2.24) is 0 Å². The number of primary amides is 1. The first-order chi connectivity index (χ1) is 10.9. The highest BCUT2D eigenvalue weighted by Crippen LogP contribution is 2.23. The Morgan fingerprint density at radius 1 is 1.13 bits per heavy atom. The Morgan fingerprint density at radius 2 is 1.83 bits per heavy atom. The molecule has 0 unspecified atom stereocenters. The van der Waals surface area contributed by atoms with Gasteiger partial charge < -0.3 is 16.2 Å². The monoisotopic (exact) mass is 332 g/mol. The van der Waals surface area contributed by atoms with Gasteiger partial charge in [-0.05, 0) is 29.8 Å². The molecule has 23 heavy (non-hydrogen) atoms. The van der Waals surface area contributed by atoms with Crippen molar-refractivity contribution in [1.29, 1.82) is 0 Å². The predicted octanol–water partition coefficient (Wildman–Crippen LogP) is 2.32. The second-order valence-electron chi connectivity index (χ2n) is 4.75. The highest BCUT2D eigenvalue weighted by Gasteiger charge is 2.14. The van der Waals surface area contributed by atoms with Gasteiger partial charge in [-0.2, -0.15) is 0 Å². The first kappa shape index (κ1) is 16.5. The number of hydrogen-bond donors (Lipinski definition) is 3. The zero-order valence-electron chi connectivity index (χ0n) is 11.9. The molecule has 118 valence electrons. The summed E-state index contributed by atoms with van der Waals surface area (Å²) in [5.41, 5.74) is 6.05. The number of benzene rings is 2. The number of halogens is 1. The Kier molecular flexibility index (Phi) is 4.98. The van der Waals surface area contributed by atoms with Gasteiger partial charge >= 0.3 is 5.97 Å². The molecule has 0 atom stereocenters. The van der Waals surface area contributed by atoms with Crippen molar-refractivity contribution in [3.05, 3.63) is 64.2 Å². The summed E-state index contributed by atoms with van der Waals surface area (Å²) in [4.78, 5) is 34.4. The number of carboxylic acids is 1. The summed E-state index contributed by atoms with van der Waals surface area (Å²) in [6.45, 7) is 0. The van der Waals surface area contributed by atoms with Crippen molar-refractivity contribution in [3.8, 4) is 0 Å². The van der Waals surface area contributed by atoms with Gasteiger partial charge in [-0.3, -0.25) is 9.59 Å². The molecule has 0 saturated heterocycles. The molecule has 0 aliphatic carbocycles. The van der Waals surface area contributed by atoms with E-state index >= 15 is 0 Å². The molecular weight excluding hydrogens is 320 g/mol. The second kappa shape index (κ2) is 6.93. The Balaban J connectivity index is 2.19. The standard InChI is InChI=1S/C16H13ClN2O4/c17-12-6-5-10(15(18)21)7-13(12)19-14(20)8-9-3-1-2-4-11(9)16(22)23/h1-7H,8H2,(H2,18,21)(H,19,20)(H,22,23). The third kappa shape index (κ3) is 4.08. The van der Waals surface area contributed by atoms with Crippen LogP contribution >= 0.6 is 11.6 Å². The van der Waals surface area contributed by atoms with Gasteiger partial charge in [-0.25, -0.2) is 4.79 Å². The number of carbonyl (C=O) groups is 3. The van der Waals surface area contributed by atoms with Gasteiger partial charge in [0.05, 0.1) is 22.7 Å². The maximum absolute atomic E-state index is 12.1. The minimum absolute atomic E-state index is 0.0552. The fraction of sp³-hybridized carbons (Fsp3) is 0.0625. The van der Waals surface area contributed by atoms with E-state index in [4.69, 9.17) is 22.4 Å². The molecule has 0 heterocycles. The van der Waals surface area contributed by atoms with Gasteiger partial charge in [-0.15, -0.1) is 0 Å². The third-order valence-corrected chi connectivity index (χ3v) is 3.45. The van der Waals surface area contributed by atoms with Crippen LogP contribution in [0.1, 0.15) is 26.3 Å². The largest absolute Gasteiger partial charge is 0.478 e. The molecule has 0 aromatic heterocycles. The van der Waals surface area contributed by atoms with Gasteiger partial charge in [0.2, 0.25) is 11.8 Å². The summed E-state index contributed by atoms with van der Waals surface area (Å²) in [6, 6.07) is 10.5. The number of hydrogen-bond acceptors (Lipinski definition) is 3. The van der Waals surface area contributed by atoms with Crippen molar-refractivity contribution in [2.45, 2.75) is 6.42 Å². The predicted molar refractivity (Wildman–Crippen MR) is 85.7 cm³/mol. The summed E-state index contributed by atoms with van der Waals surface area (Å²) >= 11 is 5.97. The third-order valence-electron chi connectivity index (χ3n) is 3.12. The Bertz CT molecular complexity index is 789. The number of carbonyl (C=O) groups excluding carboxylic acids is 2. The molecule has 0 fully saturated rings. The van der Waals surface area contributed by atoms with Crippen LogP contribution < -0.4 is 11.1 Å². The lowest BCUT2D eigenvalue weighted by molar-refractivity contribution is -0.115. The van der Waals surface area contributed by atoms with E-state index in [1.54, 1.807) is 18.2 Å². The van der Waals surface area contributed by atoms with Gasteiger partial charge in [0.15, 0.2) is 0 Å². The normalized spacial score (nSPS) is 10.1. The van der Waals surface area contributed by atoms with Gasteiger partial charge in [-0.1, -0.05) is 29.8 Å². The highest BCUT2D eigenvalue weighted by atomic mass is 35.5. The number of amides is 2. The quantitative estimate of drug-likeness (QED) is 0.780. The van der Waals surface area contributed by atoms with E-state index in [0.717, 1.165) is 0 Å². The van der Waals surface area contributed by atoms with Gasteiger partial charge in [0.1, 0.15) is 0 Å². The lowest BCUT2D eigenvalue weighted by atomic mass is 10.0. The number of nitrogens with two attached hydrogens (primary N) is 1. The molecule has 0 saturated carbocycles. The topological polar surface area (TPSA) is 109 Å². The molecule has 2 aromatic carbocycles. The van der Waals surface area contributed by atoms with Gasteiger partial charge in [0.25, 0.3) is 0 Å². The first-order valence-electron chi connectivity index (χ1n) is 6.59. The number of carboxylic acid groups (broad SMARTS) is 1. The summed E-state index contributed by atoms with van der Waals surface area (Å²) in [6.07, 6.45) is -0.139. The van der Waals surface area contributed by atoms with E-state index in [1.165, 1.54) is 24.3 Å². The van der Waals surface area contributed by atoms with Crippen LogP contribution in [0.25, 0.3) is 0 Å². The lowest BCUT2D eigenvalue weighted by Gasteiger charge is -2.10. The number of rotatable bonds is 5. The number of aromatic carboxylic acids is 1. The molecule has 0 aliphatic heterocycles. The molecule has 2 rings (SSSR count). The van der Waals surface area contributed by atoms with Crippen LogP contribution in [0.15, 0.2) is 42.5 Å². The molecule has 4 N–H and O–H groups in total. The smallest absolute Gasteiger partial charge is 0.335 e. The Morgan fingerprint density at radius 3 is 2.48 bits per heavy atom. The highest BCUT2D eigenvalue weighted by molar-refractivity contribution is 6.33. The van der Waals surface area contributed by atoms with Crippen LogP contribution in [0.2, 0.25) is 5.02 Å². The van der Waals surface area contributed by atoms with Crippen LogP contribution in [0.5, 0.6) is 0 Å². The summed E-state index contributed by atoms with van der Waals surface area (Å²) < 4.78 is 0. The number of anilines is 1. The van der Waals surface area contributed by atoms with Crippen LogP contribution in [-0.4, -0.2) is 22.9 Å². The zero-order chi connectivity index (χ0) is 17.0. The lowest BCUT2D eigenvalue weighted by Crippen LogP contribution is -2.17. The van der Waals surface area contributed by atoms with Crippen LogP contribution in [-0.2, 0) is 11.2 Å². The van der Waals surface area contributed by atoms with E-state index in [2.05, 4.69) is 5.32 Å². The van der Waals surface area contributed by atoms with Gasteiger partial charge in [0, 0.05) is 5.56 Å². The molecule has 0 spiro atoms. The minimum Gasteiger partial charge on any atom is -0.478 e. The van der Waals surface area contributed by atoms with Crippen molar-refractivity contribution in [2.75, 3.05) is 5.32 Å². The summed E-state index contributed by atoms with van der Waals surface area (Å²) in [7, 11) is 0. The minimum atomic E-state index is -1.11. The molecule has 6 nitrogen and oxygen atoms in total. The van der Waals surface area contributed by atoms with Crippen LogP contribution in [0.3, 0.4) is 0 Å². The molecule has 0 bridgehead atoms. The molecular formula is C16H13ClN2O4.